The smallest absolute Gasteiger partial charge is 0.232 e. The van der Waals surface area contributed by atoms with E-state index in [0.717, 1.165) is 50.3 Å². The van der Waals surface area contributed by atoms with E-state index >= 15 is 0 Å². The van der Waals surface area contributed by atoms with Crippen LogP contribution in [-0.2, 0) is 9.59 Å². The Morgan fingerprint density at radius 1 is 0.525 bits per heavy atom. The number of unbranched alkanes of at least 4 members (excludes halogenated alkanes) is 10. The fraction of sp³-hybridized carbons (Fsp3) is 0.941. The highest BCUT2D eigenvalue weighted by Gasteiger charge is 2.29. The molecular weight excluding hydrogens is 533 g/mol. The summed E-state index contributed by atoms with van der Waals surface area (Å²) in [6.07, 6.45) is 27.8. The molecule has 2 fully saturated rings. The number of carbonyl (C=O) groups is 2. The van der Waals surface area contributed by atoms with Crippen molar-refractivity contribution in [3.63, 3.8) is 0 Å². The van der Waals surface area contributed by atoms with E-state index < -0.39 is 0 Å². The van der Waals surface area contributed by atoms with Gasteiger partial charge in [-0.1, -0.05) is 117 Å². The van der Waals surface area contributed by atoms with Crippen LogP contribution in [0.3, 0.4) is 0 Å². The van der Waals surface area contributed by atoms with Gasteiger partial charge in [0.2, 0.25) is 11.8 Å². The van der Waals surface area contributed by atoms with Crippen molar-refractivity contribution in [1.82, 2.24) is 9.80 Å². The predicted octanol–water partition coefficient (Wildman–Crippen LogP) is 9.50. The van der Waals surface area contributed by atoms with Gasteiger partial charge in [0, 0.05) is 25.2 Å². The average molecular weight is 597 g/mol. The number of thioether (sulfide) groups is 2. The van der Waals surface area contributed by atoms with Gasteiger partial charge < -0.3 is 9.80 Å². The van der Waals surface area contributed by atoms with Crippen LogP contribution in [0.25, 0.3) is 0 Å². The Hall–Kier alpha value is -0.360. The summed E-state index contributed by atoms with van der Waals surface area (Å²) in [5, 5.41) is 0. The second-order valence-corrected chi connectivity index (χ2v) is 14.6. The second kappa shape index (κ2) is 24.1. The minimum Gasteiger partial charge on any atom is -0.337 e. The number of hydrogen-bond acceptors (Lipinski definition) is 4. The lowest BCUT2D eigenvalue weighted by Crippen LogP contribution is -2.50. The van der Waals surface area contributed by atoms with E-state index in [1.807, 2.05) is 23.5 Å². The molecule has 0 N–H and O–H groups in total. The lowest BCUT2D eigenvalue weighted by molar-refractivity contribution is -0.136. The highest BCUT2D eigenvalue weighted by molar-refractivity contribution is 8.00. The van der Waals surface area contributed by atoms with Crippen LogP contribution in [0, 0.1) is 0 Å². The Labute approximate surface area is 257 Å². The van der Waals surface area contributed by atoms with Crippen LogP contribution >= 0.6 is 23.5 Å². The maximum atomic E-state index is 13.5. The molecule has 0 atom stereocenters. The monoisotopic (exact) mass is 596 g/mol. The van der Waals surface area contributed by atoms with E-state index in [9.17, 15) is 9.59 Å². The maximum absolute atomic E-state index is 13.5. The largest absolute Gasteiger partial charge is 0.337 e. The van der Waals surface area contributed by atoms with Gasteiger partial charge in [0.25, 0.3) is 0 Å². The molecule has 6 heteroatoms. The molecule has 0 aliphatic heterocycles. The van der Waals surface area contributed by atoms with E-state index in [4.69, 9.17) is 0 Å². The molecule has 2 amide bonds. The van der Waals surface area contributed by atoms with Crippen molar-refractivity contribution >= 4 is 35.3 Å². The van der Waals surface area contributed by atoms with Crippen molar-refractivity contribution in [1.29, 1.82) is 0 Å². The molecule has 0 aromatic rings. The highest BCUT2D eigenvalue weighted by Crippen LogP contribution is 2.26. The summed E-state index contributed by atoms with van der Waals surface area (Å²) in [6, 6.07) is 0.752. The highest BCUT2D eigenvalue weighted by atomic mass is 32.2. The lowest BCUT2D eigenvalue weighted by atomic mass is 9.93. The van der Waals surface area contributed by atoms with Crippen LogP contribution in [-0.4, -0.2) is 69.8 Å². The standard InChI is InChI=1S/C34H64N2O2S2/c1-3-5-7-9-11-19-27-39-29-33(37)35(31-21-15-13-16-22-31)25-26-36(32-23-17-14-18-24-32)34(38)30-40-28-20-12-10-8-6-4-2/h31-32H,3-30H2,1-2H3. The van der Waals surface area contributed by atoms with Gasteiger partial charge in [-0.05, 0) is 50.0 Å². The molecule has 4 nitrogen and oxygen atoms in total. The fourth-order valence-corrected chi connectivity index (χ4v) is 8.26. The number of rotatable bonds is 23. The van der Waals surface area contributed by atoms with Gasteiger partial charge in [-0.25, -0.2) is 0 Å². The van der Waals surface area contributed by atoms with Gasteiger partial charge in [-0.15, -0.1) is 0 Å². The van der Waals surface area contributed by atoms with E-state index in [2.05, 4.69) is 23.6 Å². The third-order valence-corrected chi connectivity index (χ3v) is 11.0. The van der Waals surface area contributed by atoms with Gasteiger partial charge in [0.1, 0.15) is 0 Å². The first-order chi connectivity index (χ1) is 19.7. The molecule has 2 saturated carbocycles. The molecule has 0 heterocycles. The van der Waals surface area contributed by atoms with Gasteiger partial charge in [0.05, 0.1) is 11.5 Å². The quantitative estimate of drug-likeness (QED) is 0.110. The molecule has 0 saturated heterocycles. The third kappa shape index (κ3) is 15.8. The van der Waals surface area contributed by atoms with Gasteiger partial charge in [0.15, 0.2) is 0 Å². The summed E-state index contributed by atoms with van der Waals surface area (Å²) in [7, 11) is 0. The second-order valence-electron chi connectivity index (χ2n) is 12.4. The van der Waals surface area contributed by atoms with Crippen molar-refractivity contribution < 1.29 is 9.59 Å². The Kier molecular flexibility index (Phi) is 21.6. The molecule has 0 spiro atoms. The van der Waals surface area contributed by atoms with Crippen LogP contribution in [0.5, 0.6) is 0 Å². The summed E-state index contributed by atoms with van der Waals surface area (Å²) in [5.74, 6) is 4.04. The first-order valence-electron chi connectivity index (χ1n) is 17.4. The van der Waals surface area contributed by atoms with Crippen molar-refractivity contribution in [2.24, 2.45) is 0 Å². The Bertz CT molecular complexity index is 581. The van der Waals surface area contributed by atoms with Crippen LogP contribution < -0.4 is 0 Å². The number of nitrogens with zero attached hydrogens (tertiary/aromatic N) is 2. The van der Waals surface area contributed by atoms with Crippen LogP contribution in [0.15, 0.2) is 0 Å². The number of hydrogen-bond donors (Lipinski definition) is 0. The van der Waals surface area contributed by atoms with E-state index in [1.54, 1.807) is 0 Å². The van der Waals surface area contributed by atoms with Gasteiger partial charge in [-0.3, -0.25) is 9.59 Å². The van der Waals surface area contributed by atoms with Crippen LogP contribution in [0.2, 0.25) is 0 Å². The van der Waals surface area contributed by atoms with Crippen molar-refractivity contribution in [3.05, 3.63) is 0 Å². The SMILES string of the molecule is CCCCCCCCSCC(=O)N(CCN(C(=O)CSCCCCCCCC)C1CCCCC1)C1CCCCC1. The van der Waals surface area contributed by atoms with Crippen molar-refractivity contribution in [2.75, 3.05) is 36.1 Å². The topological polar surface area (TPSA) is 40.6 Å². The Morgan fingerprint density at radius 2 is 0.875 bits per heavy atom. The summed E-state index contributed by atoms with van der Waals surface area (Å²) in [5.41, 5.74) is 0. The Morgan fingerprint density at radius 3 is 1.25 bits per heavy atom. The van der Waals surface area contributed by atoms with E-state index in [0.29, 0.717) is 35.4 Å². The summed E-state index contributed by atoms with van der Waals surface area (Å²) in [6.45, 7) is 5.98. The van der Waals surface area contributed by atoms with Crippen molar-refractivity contribution in [3.8, 4) is 0 Å². The number of amides is 2. The first kappa shape index (κ1) is 35.8. The molecule has 234 valence electrons. The van der Waals surface area contributed by atoms with E-state index in [-0.39, 0.29) is 0 Å². The maximum Gasteiger partial charge on any atom is 0.232 e. The predicted molar refractivity (Wildman–Crippen MR) is 179 cm³/mol. The summed E-state index contributed by atoms with van der Waals surface area (Å²) in [4.78, 5) is 31.4. The van der Waals surface area contributed by atoms with Crippen molar-refractivity contribution in [2.45, 2.75) is 167 Å². The molecule has 40 heavy (non-hydrogen) atoms. The molecule has 0 aromatic carbocycles. The third-order valence-electron chi connectivity index (χ3n) is 8.99. The zero-order chi connectivity index (χ0) is 28.7. The minimum absolute atomic E-state index is 0.316. The van der Waals surface area contributed by atoms with Gasteiger partial charge >= 0.3 is 0 Å². The molecule has 2 aliphatic carbocycles. The van der Waals surface area contributed by atoms with Crippen LogP contribution in [0.1, 0.15) is 155 Å². The summed E-state index contributed by atoms with van der Waals surface area (Å²) < 4.78 is 0. The average Bonchev–Trinajstić information content (AvgIpc) is 2.98. The lowest BCUT2D eigenvalue weighted by Gasteiger charge is -2.39. The molecular formula is C34H64N2O2S2. The van der Waals surface area contributed by atoms with E-state index in [1.165, 1.54) is 116 Å². The Balaban J connectivity index is 1.85. The zero-order valence-corrected chi connectivity index (χ0v) is 28.1. The normalized spacial score (nSPS) is 16.8. The molecule has 2 aliphatic rings. The van der Waals surface area contributed by atoms with Crippen LogP contribution in [0.4, 0.5) is 0 Å². The zero-order valence-electron chi connectivity index (χ0n) is 26.5. The summed E-state index contributed by atoms with van der Waals surface area (Å²) >= 11 is 3.67. The molecule has 0 bridgehead atoms. The molecule has 0 radical (unpaired) electrons. The molecule has 0 aromatic heterocycles. The number of carbonyl (C=O) groups excluding carboxylic acids is 2. The molecule has 2 rings (SSSR count). The fourth-order valence-electron chi connectivity index (χ4n) is 6.48. The minimum atomic E-state index is 0.316. The molecule has 0 unspecified atom stereocenters. The first-order valence-corrected chi connectivity index (χ1v) is 19.7. The van der Waals surface area contributed by atoms with Gasteiger partial charge in [-0.2, -0.15) is 23.5 Å².